The Balaban J connectivity index is -0.000000323. The SMILES string of the molecule is CC.CC.CCC(CC)C1CC(C)C1.CCCC(CC)CCC(C)C. The van der Waals surface area contributed by atoms with Crippen LogP contribution in [0.5, 0.6) is 0 Å². The largest absolute Gasteiger partial charge is 0.0683 e. The molecule has 0 bridgehead atoms. The van der Waals surface area contributed by atoms with Crippen LogP contribution in [0.4, 0.5) is 0 Å². The molecule has 156 valence electrons. The van der Waals surface area contributed by atoms with Crippen molar-refractivity contribution in [3.63, 3.8) is 0 Å². The normalized spacial score (nSPS) is 19.6. The minimum atomic E-state index is 0.890. The molecule has 25 heavy (non-hydrogen) atoms. The van der Waals surface area contributed by atoms with Crippen LogP contribution in [0.15, 0.2) is 0 Å². The summed E-state index contributed by atoms with van der Waals surface area (Å²) in [5.74, 6) is 5.05. The average Bonchev–Trinajstić information content (AvgIpc) is 2.62. The Kier molecular flexibility index (Phi) is 26.2. The number of hydrogen-bond acceptors (Lipinski definition) is 0. The van der Waals surface area contributed by atoms with E-state index in [4.69, 9.17) is 0 Å². The first kappa shape index (κ1) is 29.8. The smallest absolute Gasteiger partial charge is 0.0381 e. The van der Waals surface area contributed by atoms with Gasteiger partial charge >= 0.3 is 0 Å². The first-order chi connectivity index (χ1) is 12.0. The van der Waals surface area contributed by atoms with Gasteiger partial charge < -0.3 is 0 Å². The first-order valence-corrected chi connectivity index (χ1v) is 12.0. The Labute approximate surface area is 164 Å². The van der Waals surface area contributed by atoms with E-state index in [1.165, 1.54) is 57.8 Å². The summed E-state index contributed by atoms with van der Waals surface area (Å²) >= 11 is 0. The van der Waals surface area contributed by atoms with E-state index in [0.717, 1.165) is 29.6 Å². The second kappa shape index (κ2) is 22.0. The van der Waals surface area contributed by atoms with Crippen LogP contribution in [-0.2, 0) is 0 Å². The van der Waals surface area contributed by atoms with Crippen molar-refractivity contribution >= 4 is 0 Å². The van der Waals surface area contributed by atoms with Gasteiger partial charge in [-0.1, -0.05) is 121 Å². The standard InChI is InChI=1S/C11H24.C10H20.2C2H6/c1-5-7-11(6-2)9-8-10(3)4;1-4-9(5-2)10-6-8(3)7-10;2*1-2/h10-11H,5-9H2,1-4H3;8-10H,4-7H2,1-3H3;2*1-2H3. The van der Waals surface area contributed by atoms with Crippen molar-refractivity contribution in [2.75, 3.05) is 0 Å². The predicted octanol–water partition coefficient (Wildman–Crippen LogP) is 9.77. The zero-order valence-corrected chi connectivity index (χ0v) is 20.3. The van der Waals surface area contributed by atoms with Crippen LogP contribution in [0.1, 0.15) is 134 Å². The Morgan fingerprint density at radius 3 is 1.48 bits per heavy atom. The van der Waals surface area contributed by atoms with E-state index in [1.807, 2.05) is 27.7 Å². The fraction of sp³-hybridized carbons (Fsp3) is 1.00. The molecule has 1 rings (SSSR count). The van der Waals surface area contributed by atoms with Crippen molar-refractivity contribution in [2.24, 2.45) is 29.6 Å². The van der Waals surface area contributed by atoms with Gasteiger partial charge in [0.2, 0.25) is 0 Å². The Bertz CT molecular complexity index is 208. The highest BCUT2D eigenvalue weighted by atomic mass is 14.4. The quantitative estimate of drug-likeness (QED) is 0.385. The van der Waals surface area contributed by atoms with Crippen LogP contribution in [0.3, 0.4) is 0 Å². The lowest BCUT2D eigenvalue weighted by molar-refractivity contribution is 0.130. The molecule has 0 spiro atoms. The molecule has 0 aromatic rings. The molecular formula is C25H56. The molecule has 0 radical (unpaired) electrons. The van der Waals surface area contributed by atoms with Crippen LogP contribution in [-0.4, -0.2) is 0 Å². The lowest BCUT2D eigenvalue weighted by Crippen LogP contribution is -2.27. The second-order valence-electron chi connectivity index (χ2n) is 7.95. The molecule has 1 saturated carbocycles. The van der Waals surface area contributed by atoms with Crippen LogP contribution < -0.4 is 0 Å². The van der Waals surface area contributed by atoms with Crippen molar-refractivity contribution in [1.82, 2.24) is 0 Å². The van der Waals surface area contributed by atoms with Crippen LogP contribution in [0.25, 0.3) is 0 Å². The molecule has 0 heterocycles. The van der Waals surface area contributed by atoms with Crippen molar-refractivity contribution in [2.45, 2.75) is 134 Å². The maximum Gasteiger partial charge on any atom is -0.0381 e. The second-order valence-corrected chi connectivity index (χ2v) is 7.95. The van der Waals surface area contributed by atoms with E-state index in [-0.39, 0.29) is 0 Å². The molecule has 0 amide bonds. The summed E-state index contributed by atoms with van der Waals surface area (Å²) in [5.41, 5.74) is 0. The van der Waals surface area contributed by atoms with Gasteiger partial charge in [0.05, 0.1) is 0 Å². The van der Waals surface area contributed by atoms with Crippen molar-refractivity contribution in [1.29, 1.82) is 0 Å². The monoisotopic (exact) mass is 356 g/mol. The molecule has 1 aliphatic carbocycles. The number of rotatable bonds is 9. The van der Waals surface area contributed by atoms with E-state index in [2.05, 4.69) is 48.5 Å². The summed E-state index contributed by atoms with van der Waals surface area (Å²) in [6.45, 7) is 24.3. The average molecular weight is 357 g/mol. The summed E-state index contributed by atoms with van der Waals surface area (Å²) in [4.78, 5) is 0. The first-order valence-electron chi connectivity index (χ1n) is 12.0. The molecule has 0 aromatic heterocycles. The topological polar surface area (TPSA) is 0 Å². The molecule has 0 nitrogen and oxygen atoms in total. The molecule has 0 saturated heterocycles. The lowest BCUT2D eigenvalue weighted by atomic mass is 9.68. The molecule has 1 aliphatic rings. The maximum atomic E-state index is 2.37. The molecular weight excluding hydrogens is 300 g/mol. The Hall–Kier alpha value is 0. The highest BCUT2D eigenvalue weighted by Gasteiger charge is 2.29. The summed E-state index contributed by atoms with van der Waals surface area (Å²) in [6.07, 6.45) is 12.8. The third-order valence-corrected chi connectivity index (χ3v) is 5.55. The van der Waals surface area contributed by atoms with Gasteiger partial charge in [-0.05, 0) is 42.4 Å². The molecule has 1 atom stereocenters. The Morgan fingerprint density at radius 1 is 0.720 bits per heavy atom. The van der Waals surface area contributed by atoms with Crippen molar-refractivity contribution < 1.29 is 0 Å². The van der Waals surface area contributed by atoms with Crippen LogP contribution in [0, 0.1) is 29.6 Å². The minimum absolute atomic E-state index is 0.890. The van der Waals surface area contributed by atoms with Crippen molar-refractivity contribution in [3.05, 3.63) is 0 Å². The minimum Gasteiger partial charge on any atom is -0.0683 e. The van der Waals surface area contributed by atoms with Gasteiger partial charge in [-0.2, -0.15) is 0 Å². The highest BCUT2D eigenvalue weighted by Crippen LogP contribution is 2.40. The molecule has 1 unspecified atom stereocenters. The zero-order chi connectivity index (χ0) is 20.3. The zero-order valence-electron chi connectivity index (χ0n) is 20.3. The summed E-state index contributed by atoms with van der Waals surface area (Å²) in [7, 11) is 0. The third-order valence-electron chi connectivity index (χ3n) is 5.55. The third kappa shape index (κ3) is 17.2. The van der Waals surface area contributed by atoms with Gasteiger partial charge in [0.15, 0.2) is 0 Å². The van der Waals surface area contributed by atoms with Gasteiger partial charge in [-0.15, -0.1) is 0 Å². The predicted molar refractivity (Wildman–Crippen MR) is 121 cm³/mol. The lowest BCUT2D eigenvalue weighted by Gasteiger charge is -2.38. The van der Waals surface area contributed by atoms with Gasteiger partial charge in [0, 0.05) is 0 Å². The number of hydrogen-bond donors (Lipinski definition) is 0. The summed E-state index contributed by atoms with van der Waals surface area (Å²) in [5, 5.41) is 0. The molecule has 1 fully saturated rings. The van der Waals surface area contributed by atoms with Crippen LogP contribution in [0.2, 0.25) is 0 Å². The summed E-state index contributed by atoms with van der Waals surface area (Å²) in [6, 6.07) is 0. The van der Waals surface area contributed by atoms with E-state index in [9.17, 15) is 0 Å². The van der Waals surface area contributed by atoms with E-state index >= 15 is 0 Å². The molecule has 0 aromatic carbocycles. The van der Waals surface area contributed by atoms with Gasteiger partial charge in [0.25, 0.3) is 0 Å². The van der Waals surface area contributed by atoms with Gasteiger partial charge in [0.1, 0.15) is 0 Å². The van der Waals surface area contributed by atoms with E-state index < -0.39 is 0 Å². The fourth-order valence-electron chi connectivity index (χ4n) is 3.83. The molecule has 0 N–H and O–H groups in total. The summed E-state index contributed by atoms with van der Waals surface area (Å²) < 4.78 is 0. The molecule has 0 heteroatoms. The van der Waals surface area contributed by atoms with Gasteiger partial charge in [-0.25, -0.2) is 0 Å². The highest BCUT2D eigenvalue weighted by molar-refractivity contribution is 4.80. The van der Waals surface area contributed by atoms with E-state index in [1.54, 1.807) is 0 Å². The van der Waals surface area contributed by atoms with Crippen molar-refractivity contribution in [3.8, 4) is 0 Å². The Morgan fingerprint density at radius 2 is 1.20 bits per heavy atom. The fourth-order valence-corrected chi connectivity index (χ4v) is 3.83. The molecule has 0 aliphatic heterocycles. The maximum absolute atomic E-state index is 2.37. The van der Waals surface area contributed by atoms with Crippen LogP contribution >= 0.6 is 0 Å². The van der Waals surface area contributed by atoms with E-state index in [0.29, 0.717) is 0 Å². The van der Waals surface area contributed by atoms with Gasteiger partial charge in [-0.3, -0.25) is 0 Å².